The third kappa shape index (κ3) is 3.98. The number of rotatable bonds is 5. The standard InChI is InChI=1S/C6H14O3S/c1-8-4-6(5-9-2)10(3)7/h6H,4-5H2,1-3H3/t10-/m1/s1. The first-order valence-electron chi connectivity index (χ1n) is 3.02. The van der Waals surface area contributed by atoms with E-state index in [-0.39, 0.29) is 5.25 Å². The lowest BCUT2D eigenvalue weighted by atomic mass is 10.5. The van der Waals surface area contributed by atoms with Crippen molar-refractivity contribution < 1.29 is 13.7 Å². The van der Waals surface area contributed by atoms with Crippen LogP contribution in [0.25, 0.3) is 0 Å². The Bertz CT molecular complexity index is 99.2. The molecule has 0 heterocycles. The molecule has 0 fully saturated rings. The van der Waals surface area contributed by atoms with Crippen LogP contribution >= 0.6 is 0 Å². The molecule has 0 amide bonds. The fourth-order valence-electron chi connectivity index (χ4n) is 0.612. The van der Waals surface area contributed by atoms with Gasteiger partial charge in [0.25, 0.3) is 0 Å². The zero-order valence-corrected chi connectivity index (χ0v) is 7.44. The molecule has 0 aliphatic carbocycles. The summed E-state index contributed by atoms with van der Waals surface area (Å²) in [5.74, 6) is 0. The van der Waals surface area contributed by atoms with Crippen LogP contribution < -0.4 is 0 Å². The van der Waals surface area contributed by atoms with Crippen LogP contribution in [0.5, 0.6) is 0 Å². The smallest absolute Gasteiger partial charge is 0.0811 e. The highest BCUT2D eigenvalue weighted by Crippen LogP contribution is 1.94. The first-order valence-corrected chi connectivity index (χ1v) is 4.64. The van der Waals surface area contributed by atoms with Crippen molar-refractivity contribution in [3.05, 3.63) is 0 Å². The Morgan fingerprint density at radius 3 is 1.90 bits per heavy atom. The van der Waals surface area contributed by atoms with Gasteiger partial charge >= 0.3 is 0 Å². The lowest BCUT2D eigenvalue weighted by molar-refractivity contribution is 0.143. The van der Waals surface area contributed by atoms with Crippen LogP contribution in [0.3, 0.4) is 0 Å². The Labute approximate surface area is 64.2 Å². The number of ether oxygens (including phenoxy) is 2. The lowest BCUT2D eigenvalue weighted by Gasteiger charge is -2.10. The Hall–Kier alpha value is 0.0700. The van der Waals surface area contributed by atoms with E-state index < -0.39 is 10.8 Å². The summed E-state index contributed by atoms with van der Waals surface area (Å²) in [6, 6.07) is 0. The summed E-state index contributed by atoms with van der Waals surface area (Å²) in [6.07, 6.45) is 1.66. The van der Waals surface area contributed by atoms with Gasteiger partial charge in [0.15, 0.2) is 0 Å². The van der Waals surface area contributed by atoms with E-state index in [0.717, 1.165) is 0 Å². The molecule has 10 heavy (non-hydrogen) atoms. The minimum Gasteiger partial charge on any atom is -0.383 e. The van der Waals surface area contributed by atoms with Crippen molar-refractivity contribution in [3.8, 4) is 0 Å². The second-order valence-electron chi connectivity index (χ2n) is 2.03. The molecule has 0 aliphatic rings. The van der Waals surface area contributed by atoms with Crippen molar-refractivity contribution in [2.45, 2.75) is 5.25 Å². The second-order valence-corrected chi connectivity index (χ2v) is 3.70. The van der Waals surface area contributed by atoms with Crippen molar-refractivity contribution in [1.82, 2.24) is 0 Å². The minimum atomic E-state index is -0.853. The van der Waals surface area contributed by atoms with Crippen molar-refractivity contribution >= 4 is 10.8 Å². The van der Waals surface area contributed by atoms with Crippen LogP contribution in [0.15, 0.2) is 0 Å². The average Bonchev–Trinajstić information content (AvgIpc) is 1.87. The third-order valence-electron chi connectivity index (χ3n) is 1.17. The van der Waals surface area contributed by atoms with Gasteiger partial charge in [0.2, 0.25) is 0 Å². The normalized spacial score (nSPS) is 14.0. The molecule has 0 spiro atoms. The molecule has 1 atom stereocenters. The molecular formula is C6H14O3S. The maximum Gasteiger partial charge on any atom is 0.0811 e. The number of methoxy groups -OCH3 is 2. The summed E-state index contributed by atoms with van der Waals surface area (Å²) < 4.78 is 20.6. The molecular weight excluding hydrogens is 152 g/mol. The van der Waals surface area contributed by atoms with Crippen molar-refractivity contribution in [3.63, 3.8) is 0 Å². The van der Waals surface area contributed by atoms with E-state index in [1.54, 1.807) is 20.5 Å². The Morgan fingerprint density at radius 2 is 1.70 bits per heavy atom. The van der Waals surface area contributed by atoms with Crippen molar-refractivity contribution in [1.29, 1.82) is 0 Å². The van der Waals surface area contributed by atoms with E-state index in [1.165, 1.54) is 0 Å². The van der Waals surface area contributed by atoms with Gasteiger partial charge in [-0.3, -0.25) is 4.21 Å². The van der Waals surface area contributed by atoms with Gasteiger partial charge in [-0.1, -0.05) is 0 Å². The molecule has 0 saturated carbocycles. The van der Waals surface area contributed by atoms with Gasteiger partial charge in [0, 0.05) is 31.3 Å². The van der Waals surface area contributed by atoms with Gasteiger partial charge < -0.3 is 9.47 Å². The Balaban J connectivity index is 3.61. The third-order valence-corrected chi connectivity index (χ3v) is 2.39. The van der Waals surface area contributed by atoms with Gasteiger partial charge in [-0.15, -0.1) is 0 Å². The molecule has 0 aromatic rings. The maximum atomic E-state index is 10.9. The first-order chi connectivity index (χ1) is 4.72. The van der Waals surface area contributed by atoms with E-state index in [0.29, 0.717) is 13.2 Å². The molecule has 0 radical (unpaired) electrons. The molecule has 3 nitrogen and oxygen atoms in total. The molecule has 0 aromatic carbocycles. The minimum absolute atomic E-state index is 0.00926. The molecule has 62 valence electrons. The molecule has 0 unspecified atom stereocenters. The van der Waals surface area contributed by atoms with Crippen LogP contribution in [-0.4, -0.2) is 43.1 Å². The molecule has 0 aliphatic heterocycles. The van der Waals surface area contributed by atoms with Crippen molar-refractivity contribution in [2.75, 3.05) is 33.7 Å². The molecule has 0 rings (SSSR count). The zero-order chi connectivity index (χ0) is 7.98. The van der Waals surface area contributed by atoms with Gasteiger partial charge in [0.05, 0.1) is 18.5 Å². The van der Waals surface area contributed by atoms with Crippen LogP contribution in [-0.2, 0) is 20.3 Å². The van der Waals surface area contributed by atoms with Crippen LogP contribution in [0, 0.1) is 0 Å². The lowest BCUT2D eigenvalue weighted by Crippen LogP contribution is -2.25. The Morgan fingerprint density at radius 1 is 1.30 bits per heavy atom. The van der Waals surface area contributed by atoms with E-state index >= 15 is 0 Å². The van der Waals surface area contributed by atoms with E-state index in [2.05, 4.69) is 0 Å². The predicted octanol–water partition coefficient (Wildman–Crippen LogP) is 0.0263. The summed E-state index contributed by atoms with van der Waals surface area (Å²) in [6.45, 7) is 0.994. The monoisotopic (exact) mass is 166 g/mol. The summed E-state index contributed by atoms with van der Waals surface area (Å²) in [5.41, 5.74) is 0. The number of hydrogen-bond donors (Lipinski definition) is 0. The van der Waals surface area contributed by atoms with Gasteiger partial charge in [-0.2, -0.15) is 0 Å². The van der Waals surface area contributed by atoms with Crippen LogP contribution in [0.4, 0.5) is 0 Å². The largest absolute Gasteiger partial charge is 0.383 e. The quantitative estimate of drug-likeness (QED) is 0.578. The molecule has 0 saturated heterocycles. The fraction of sp³-hybridized carbons (Fsp3) is 1.00. The molecule has 0 aromatic heterocycles. The van der Waals surface area contributed by atoms with Crippen LogP contribution in [0.2, 0.25) is 0 Å². The highest BCUT2D eigenvalue weighted by Gasteiger charge is 2.11. The fourth-order valence-corrected chi connectivity index (χ4v) is 1.27. The average molecular weight is 166 g/mol. The summed E-state index contributed by atoms with van der Waals surface area (Å²) >= 11 is 0. The summed E-state index contributed by atoms with van der Waals surface area (Å²) in [7, 11) is 2.33. The maximum absolute atomic E-state index is 10.9. The number of hydrogen-bond acceptors (Lipinski definition) is 3. The van der Waals surface area contributed by atoms with E-state index in [4.69, 9.17) is 9.47 Å². The molecule has 0 N–H and O–H groups in total. The highest BCUT2D eigenvalue weighted by atomic mass is 32.2. The van der Waals surface area contributed by atoms with Gasteiger partial charge in [0.1, 0.15) is 0 Å². The van der Waals surface area contributed by atoms with Gasteiger partial charge in [-0.25, -0.2) is 0 Å². The zero-order valence-electron chi connectivity index (χ0n) is 6.62. The van der Waals surface area contributed by atoms with Crippen molar-refractivity contribution in [2.24, 2.45) is 0 Å². The highest BCUT2D eigenvalue weighted by molar-refractivity contribution is 7.84. The SMILES string of the molecule is COCC(COC)[S@@](C)=O. The Kier molecular flexibility index (Phi) is 5.87. The van der Waals surface area contributed by atoms with Gasteiger partial charge in [-0.05, 0) is 0 Å². The molecule has 4 heteroatoms. The van der Waals surface area contributed by atoms with E-state index in [9.17, 15) is 4.21 Å². The summed E-state index contributed by atoms with van der Waals surface area (Å²) in [5, 5.41) is 0.00926. The molecule has 0 bridgehead atoms. The topological polar surface area (TPSA) is 35.5 Å². The first kappa shape index (κ1) is 10.1. The second kappa shape index (κ2) is 5.82. The van der Waals surface area contributed by atoms with E-state index in [1.807, 2.05) is 0 Å². The van der Waals surface area contributed by atoms with Crippen LogP contribution in [0.1, 0.15) is 0 Å². The summed E-state index contributed by atoms with van der Waals surface area (Å²) in [4.78, 5) is 0. The predicted molar refractivity (Wildman–Crippen MR) is 41.6 cm³/mol.